The second-order valence-corrected chi connectivity index (χ2v) is 2.72. The van der Waals surface area contributed by atoms with Crippen LogP contribution in [0.1, 0.15) is 17.0 Å². The first kappa shape index (κ1) is 9.22. The van der Waals surface area contributed by atoms with Crippen molar-refractivity contribution in [1.82, 2.24) is 9.78 Å². The lowest BCUT2D eigenvalue weighted by Gasteiger charge is -2.01. The second kappa shape index (κ2) is 3.69. The van der Waals surface area contributed by atoms with E-state index >= 15 is 0 Å². The number of hydrogen-bond acceptors (Lipinski definition) is 3. The predicted molar refractivity (Wildman–Crippen MR) is 44.6 cm³/mol. The molecule has 0 bridgehead atoms. The van der Waals surface area contributed by atoms with E-state index in [1.165, 1.54) is 0 Å². The summed E-state index contributed by atoms with van der Waals surface area (Å²) in [7, 11) is 1.62. The van der Waals surface area contributed by atoms with Crippen molar-refractivity contribution in [2.24, 2.45) is 0 Å². The average molecular weight is 170 g/mol. The van der Waals surface area contributed by atoms with Gasteiger partial charge in [-0.05, 0) is 13.8 Å². The van der Waals surface area contributed by atoms with Crippen LogP contribution in [0.2, 0.25) is 0 Å². The zero-order valence-electron chi connectivity index (χ0n) is 7.66. The Labute approximate surface area is 71.8 Å². The molecule has 0 radical (unpaired) electrons. The Kier molecular flexibility index (Phi) is 2.83. The number of aryl methyl sites for hydroxylation is 1. The monoisotopic (exact) mass is 170 g/mol. The Hall–Kier alpha value is -0.870. The standard InChI is InChI=1S/C8H14N2O2/c1-6-8(4-11)7(2)10(9-6)5-12-3/h11H,4-5H2,1-3H3. The van der Waals surface area contributed by atoms with Gasteiger partial charge < -0.3 is 9.84 Å². The largest absolute Gasteiger partial charge is 0.392 e. The second-order valence-electron chi connectivity index (χ2n) is 2.72. The minimum absolute atomic E-state index is 0.0430. The highest BCUT2D eigenvalue weighted by Gasteiger charge is 2.09. The molecule has 68 valence electrons. The highest BCUT2D eigenvalue weighted by Crippen LogP contribution is 2.12. The molecule has 4 nitrogen and oxygen atoms in total. The molecule has 12 heavy (non-hydrogen) atoms. The van der Waals surface area contributed by atoms with E-state index in [0.717, 1.165) is 17.0 Å². The van der Waals surface area contributed by atoms with E-state index in [4.69, 9.17) is 9.84 Å². The van der Waals surface area contributed by atoms with Crippen LogP contribution < -0.4 is 0 Å². The smallest absolute Gasteiger partial charge is 0.139 e. The Morgan fingerprint density at radius 2 is 2.17 bits per heavy atom. The molecule has 0 amide bonds. The highest BCUT2D eigenvalue weighted by molar-refractivity contribution is 5.23. The molecule has 0 spiro atoms. The molecule has 0 aliphatic heterocycles. The topological polar surface area (TPSA) is 47.3 Å². The summed E-state index contributed by atoms with van der Waals surface area (Å²) in [5, 5.41) is 13.2. The molecular weight excluding hydrogens is 156 g/mol. The Balaban J connectivity index is 3.00. The zero-order chi connectivity index (χ0) is 9.14. The molecule has 0 saturated heterocycles. The van der Waals surface area contributed by atoms with Crippen LogP contribution in [0.15, 0.2) is 0 Å². The third kappa shape index (κ3) is 1.49. The van der Waals surface area contributed by atoms with E-state index in [9.17, 15) is 0 Å². The number of nitrogens with zero attached hydrogens (tertiary/aromatic N) is 2. The molecular formula is C8H14N2O2. The summed E-state index contributed by atoms with van der Waals surface area (Å²) in [6, 6.07) is 0. The van der Waals surface area contributed by atoms with Crippen LogP contribution in [-0.4, -0.2) is 22.0 Å². The Bertz CT molecular complexity index is 268. The summed E-state index contributed by atoms with van der Waals surface area (Å²) in [4.78, 5) is 0. The summed E-state index contributed by atoms with van der Waals surface area (Å²) in [6.45, 7) is 4.28. The van der Waals surface area contributed by atoms with E-state index in [1.807, 2.05) is 13.8 Å². The molecule has 0 aliphatic rings. The summed E-state index contributed by atoms with van der Waals surface area (Å²) >= 11 is 0. The number of rotatable bonds is 3. The van der Waals surface area contributed by atoms with Gasteiger partial charge in [-0.1, -0.05) is 0 Å². The first-order valence-corrected chi connectivity index (χ1v) is 3.83. The number of ether oxygens (including phenoxy) is 1. The van der Waals surface area contributed by atoms with E-state index in [0.29, 0.717) is 6.73 Å². The van der Waals surface area contributed by atoms with Gasteiger partial charge in [0.1, 0.15) is 6.73 Å². The van der Waals surface area contributed by atoms with Gasteiger partial charge in [0.15, 0.2) is 0 Å². The lowest BCUT2D eigenvalue weighted by Crippen LogP contribution is -2.04. The molecule has 1 N–H and O–H groups in total. The van der Waals surface area contributed by atoms with Crippen LogP contribution in [0.5, 0.6) is 0 Å². The van der Waals surface area contributed by atoms with Crippen LogP contribution in [0.3, 0.4) is 0 Å². The van der Waals surface area contributed by atoms with Crippen molar-refractivity contribution in [3.8, 4) is 0 Å². The normalized spacial score (nSPS) is 10.7. The van der Waals surface area contributed by atoms with Crippen LogP contribution in [0.25, 0.3) is 0 Å². The maximum absolute atomic E-state index is 8.99. The molecule has 1 aromatic heterocycles. The molecule has 0 aliphatic carbocycles. The van der Waals surface area contributed by atoms with Gasteiger partial charge in [0.2, 0.25) is 0 Å². The fourth-order valence-corrected chi connectivity index (χ4v) is 1.21. The SMILES string of the molecule is COCn1nc(C)c(CO)c1C. The van der Waals surface area contributed by atoms with Crippen LogP contribution in [0.4, 0.5) is 0 Å². The molecule has 0 unspecified atom stereocenters. The van der Waals surface area contributed by atoms with Crippen molar-refractivity contribution in [3.63, 3.8) is 0 Å². The molecule has 1 heterocycles. The van der Waals surface area contributed by atoms with E-state index in [-0.39, 0.29) is 6.61 Å². The van der Waals surface area contributed by atoms with E-state index in [2.05, 4.69) is 5.10 Å². The number of hydrogen-bond donors (Lipinski definition) is 1. The molecule has 0 fully saturated rings. The van der Waals surface area contributed by atoms with Gasteiger partial charge in [0.05, 0.1) is 12.3 Å². The van der Waals surface area contributed by atoms with Crippen molar-refractivity contribution in [2.45, 2.75) is 27.2 Å². The number of aromatic nitrogens is 2. The van der Waals surface area contributed by atoms with Crippen molar-refractivity contribution < 1.29 is 9.84 Å². The van der Waals surface area contributed by atoms with Crippen LogP contribution in [-0.2, 0) is 18.1 Å². The third-order valence-corrected chi connectivity index (χ3v) is 1.94. The van der Waals surface area contributed by atoms with Crippen LogP contribution >= 0.6 is 0 Å². The molecule has 0 aromatic carbocycles. The van der Waals surface area contributed by atoms with Gasteiger partial charge in [-0.15, -0.1) is 0 Å². The van der Waals surface area contributed by atoms with Gasteiger partial charge in [0, 0.05) is 18.4 Å². The molecule has 4 heteroatoms. The summed E-state index contributed by atoms with van der Waals surface area (Å²) in [6.07, 6.45) is 0. The maximum Gasteiger partial charge on any atom is 0.139 e. The predicted octanol–water partition coefficient (Wildman–Crippen LogP) is 0.596. The van der Waals surface area contributed by atoms with Gasteiger partial charge >= 0.3 is 0 Å². The number of aliphatic hydroxyl groups excluding tert-OH is 1. The van der Waals surface area contributed by atoms with Crippen molar-refractivity contribution >= 4 is 0 Å². The molecule has 0 atom stereocenters. The number of methoxy groups -OCH3 is 1. The van der Waals surface area contributed by atoms with Crippen molar-refractivity contribution in [1.29, 1.82) is 0 Å². The minimum atomic E-state index is 0.0430. The van der Waals surface area contributed by atoms with E-state index < -0.39 is 0 Å². The highest BCUT2D eigenvalue weighted by atomic mass is 16.5. The van der Waals surface area contributed by atoms with Gasteiger partial charge in [0.25, 0.3) is 0 Å². The minimum Gasteiger partial charge on any atom is -0.392 e. The molecule has 1 rings (SSSR count). The molecule has 0 saturated carbocycles. The Morgan fingerprint density at radius 1 is 1.50 bits per heavy atom. The zero-order valence-corrected chi connectivity index (χ0v) is 7.66. The van der Waals surface area contributed by atoms with E-state index in [1.54, 1.807) is 11.8 Å². The first-order chi connectivity index (χ1) is 5.70. The average Bonchev–Trinajstić information content (AvgIpc) is 2.29. The third-order valence-electron chi connectivity index (χ3n) is 1.94. The lowest BCUT2D eigenvalue weighted by molar-refractivity contribution is 0.118. The lowest BCUT2D eigenvalue weighted by atomic mass is 10.2. The van der Waals surface area contributed by atoms with Gasteiger partial charge in [-0.3, -0.25) is 0 Å². The molecule has 1 aromatic rings. The fourth-order valence-electron chi connectivity index (χ4n) is 1.21. The van der Waals surface area contributed by atoms with Crippen LogP contribution in [0, 0.1) is 13.8 Å². The Morgan fingerprint density at radius 3 is 2.58 bits per heavy atom. The summed E-state index contributed by atoms with van der Waals surface area (Å²) in [5.74, 6) is 0. The van der Waals surface area contributed by atoms with Crippen molar-refractivity contribution in [3.05, 3.63) is 17.0 Å². The fraction of sp³-hybridized carbons (Fsp3) is 0.625. The van der Waals surface area contributed by atoms with Gasteiger partial charge in [-0.25, -0.2) is 4.68 Å². The summed E-state index contributed by atoms with van der Waals surface area (Å²) in [5.41, 5.74) is 2.73. The first-order valence-electron chi connectivity index (χ1n) is 3.83. The number of aliphatic hydroxyl groups is 1. The maximum atomic E-state index is 8.99. The van der Waals surface area contributed by atoms with Crippen molar-refractivity contribution in [2.75, 3.05) is 7.11 Å². The van der Waals surface area contributed by atoms with Gasteiger partial charge in [-0.2, -0.15) is 5.10 Å². The summed E-state index contributed by atoms with van der Waals surface area (Å²) < 4.78 is 6.68. The quantitative estimate of drug-likeness (QED) is 0.722.